The highest BCUT2D eigenvalue weighted by molar-refractivity contribution is 7.13. The summed E-state index contributed by atoms with van der Waals surface area (Å²) < 4.78 is 4.98. The standard InChI is InChI=1S/C14H15NO2S/c1-4-17-14(16)11-5-6-12(9(2)7-11)13-15-10(3)8-18-13/h5-8H,4H2,1-3H3. The van der Waals surface area contributed by atoms with Crippen LogP contribution in [0.25, 0.3) is 10.6 Å². The molecule has 1 heterocycles. The SMILES string of the molecule is CCOC(=O)c1ccc(-c2nc(C)cs2)c(C)c1. The average molecular weight is 261 g/mol. The Balaban J connectivity index is 2.33. The third-order valence-electron chi connectivity index (χ3n) is 2.59. The van der Waals surface area contributed by atoms with Crippen LogP contribution in [-0.2, 0) is 4.74 Å². The number of hydrogen-bond donors (Lipinski definition) is 0. The number of benzene rings is 1. The maximum absolute atomic E-state index is 11.6. The number of hydrogen-bond acceptors (Lipinski definition) is 4. The monoisotopic (exact) mass is 261 g/mol. The fourth-order valence-electron chi connectivity index (χ4n) is 1.72. The Morgan fingerprint density at radius 3 is 2.72 bits per heavy atom. The minimum Gasteiger partial charge on any atom is -0.462 e. The minimum absolute atomic E-state index is 0.275. The second kappa shape index (κ2) is 5.31. The van der Waals surface area contributed by atoms with Crippen molar-refractivity contribution >= 4 is 17.3 Å². The van der Waals surface area contributed by atoms with Gasteiger partial charge in [0.25, 0.3) is 0 Å². The number of aromatic nitrogens is 1. The molecule has 0 saturated heterocycles. The Morgan fingerprint density at radius 1 is 1.39 bits per heavy atom. The van der Waals surface area contributed by atoms with E-state index in [1.54, 1.807) is 24.3 Å². The van der Waals surface area contributed by atoms with Crippen molar-refractivity contribution in [2.24, 2.45) is 0 Å². The van der Waals surface area contributed by atoms with Crippen molar-refractivity contribution in [3.05, 3.63) is 40.4 Å². The highest BCUT2D eigenvalue weighted by Gasteiger charge is 2.11. The number of carbonyl (C=O) groups is 1. The van der Waals surface area contributed by atoms with Crippen LogP contribution in [0.3, 0.4) is 0 Å². The molecule has 2 aromatic rings. The average Bonchev–Trinajstić information content (AvgIpc) is 2.76. The summed E-state index contributed by atoms with van der Waals surface area (Å²) in [5.41, 5.74) is 3.71. The summed E-state index contributed by atoms with van der Waals surface area (Å²) in [7, 11) is 0. The van der Waals surface area contributed by atoms with Gasteiger partial charge in [0.05, 0.1) is 12.2 Å². The van der Waals surface area contributed by atoms with Crippen molar-refractivity contribution in [1.29, 1.82) is 0 Å². The number of thiazole rings is 1. The Labute approximate surface area is 110 Å². The zero-order valence-corrected chi connectivity index (χ0v) is 11.5. The molecular weight excluding hydrogens is 246 g/mol. The van der Waals surface area contributed by atoms with Gasteiger partial charge in [-0.2, -0.15) is 0 Å². The van der Waals surface area contributed by atoms with Gasteiger partial charge in [0, 0.05) is 16.6 Å². The van der Waals surface area contributed by atoms with E-state index in [2.05, 4.69) is 4.98 Å². The molecule has 0 saturated carbocycles. The quantitative estimate of drug-likeness (QED) is 0.792. The van der Waals surface area contributed by atoms with E-state index in [1.165, 1.54) is 0 Å². The van der Waals surface area contributed by atoms with E-state index in [4.69, 9.17) is 4.74 Å². The predicted molar refractivity (Wildman–Crippen MR) is 73.0 cm³/mol. The fourth-order valence-corrected chi connectivity index (χ4v) is 2.61. The van der Waals surface area contributed by atoms with Gasteiger partial charge in [-0.3, -0.25) is 0 Å². The first-order valence-electron chi connectivity index (χ1n) is 5.82. The largest absolute Gasteiger partial charge is 0.462 e. The van der Waals surface area contributed by atoms with Crippen molar-refractivity contribution in [2.45, 2.75) is 20.8 Å². The van der Waals surface area contributed by atoms with Gasteiger partial charge in [-0.25, -0.2) is 9.78 Å². The number of ether oxygens (including phenoxy) is 1. The highest BCUT2D eigenvalue weighted by atomic mass is 32.1. The van der Waals surface area contributed by atoms with E-state index in [1.807, 2.05) is 31.4 Å². The maximum atomic E-state index is 11.6. The van der Waals surface area contributed by atoms with Crippen LogP contribution in [0.4, 0.5) is 0 Å². The summed E-state index contributed by atoms with van der Waals surface area (Å²) in [6, 6.07) is 5.57. The van der Waals surface area contributed by atoms with E-state index >= 15 is 0 Å². The summed E-state index contributed by atoms with van der Waals surface area (Å²) in [5.74, 6) is -0.275. The second-order valence-electron chi connectivity index (χ2n) is 4.04. The van der Waals surface area contributed by atoms with Crippen LogP contribution in [0.2, 0.25) is 0 Å². The van der Waals surface area contributed by atoms with E-state index < -0.39 is 0 Å². The lowest BCUT2D eigenvalue weighted by atomic mass is 10.1. The lowest BCUT2D eigenvalue weighted by Crippen LogP contribution is -2.04. The van der Waals surface area contributed by atoms with Gasteiger partial charge in [-0.15, -0.1) is 11.3 Å². The lowest BCUT2D eigenvalue weighted by Gasteiger charge is -2.06. The molecule has 0 bridgehead atoms. The summed E-state index contributed by atoms with van der Waals surface area (Å²) in [4.78, 5) is 16.1. The molecule has 0 spiro atoms. The number of aryl methyl sites for hydroxylation is 2. The van der Waals surface area contributed by atoms with Gasteiger partial charge in [0.2, 0.25) is 0 Å². The molecule has 0 unspecified atom stereocenters. The van der Waals surface area contributed by atoms with Crippen molar-refractivity contribution < 1.29 is 9.53 Å². The van der Waals surface area contributed by atoms with Gasteiger partial charge in [-0.05, 0) is 38.5 Å². The zero-order chi connectivity index (χ0) is 13.1. The topological polar surface area (TPSA) is 39.2 Å². The predicted octanol–water partition coefficient (Wildman–Crippen LogP) is 3.60. The molecule has 0 atom stereocenters. The van der Waals surface area contributed by atoms with Gasteiger partial charge >= 0.3 is 5.97 Å². The highest BCUT2D eigenvalue weighted by Crippen LogP contribution is 2.27. The van der Waals surface area contributed by atoms with E-state index in [9.17, 15) is 4.79 Å². The van der Waals surface area contributed by atoms with Crippen LogP contribution >= 0.6 is 11.3 Å². The molecule has 0 aliphatic rings. The van der Waals surface area contributed by atoms with Crippen LogP contribution in [-0.4, -0.2) is 17.6 Å². The van der Waals surface area contributed by atoms with Crippen LogP contribution in [0.1, 0.15) is 28.5 Å². The molecule has 0 radical (unpaired) electrons. The van der Waals surface area contributed by atoms with Crippen LogP contribution in [0, 0.1) is 13.8 Å². The minimum atomic E-state index is -0.275. The normalized spacial score (nSPS) is 10.4. The number of esters is 1. The molecule has 0 amide bonds. The molecule has 0 aliphatic carbocycles. The van der Waals surface area contributed by atoms with E-state index in [0.29, 0.717) is 12.2 Å². The molecule has 1 aromatic heterocycles. The van der Waals surface area contributed by atoms with Crippen molar-refractivity contribution in [3.63, 3.8) is 0 Å². The molecule has 18 heavy (non-hydrogen) atoms. The van der Waals surface area contributed by atoms with Crippen LogP contribution in [0.5, 0.6) is 0 Å². The maximum Gasteiger partial charge on any atom is 0.338 e. The van der Waals surface area contributed by atoms with Gasteiger partial charge < -0.3 is 4.74 Å². The molecule has 1 aromatic carbocycles. The van der Waals surface area contributed by atoms with Crippen molar-refractivity contribution in [1.82, 2.24) is 4.98 Å². The van der Waals surface area contributed by atoms with Gasteiger partial charge in [0.1, 0.15) is 5.01 Å². The zero-order valence-electron chi connectivity index (χ0n) is 10.7. The third-order valence-corrected chi connectivity index (χ3v) is 3.58. The fraction of sp³-hybridized carbons (Fsp3) is 0.286. The third kappa shape index (κ3) is 2.59. The lowest BCUT2D eigenvalue weighted by molar-refractivity contribution is 0.0526. The molecule has 3 nitrogen and oxygen atoms in total. The first-order chi connectivity index (χ1) is 8.61. The summed E-state index contributed by atoms with van der Waals surface area (Å²) in [5, 5.41) is 3.01. The van der Waals surface area contributed by atoms with Crippen LogP contribution < -0.4 is 0 Å². The Kier molecular flexibility index (Phi) is 3.77. The Hall–Kier alpha value is -1.68. The molecule has 0 aliphatic heterocycles. The van der Waals surface area contributed by atoms with Crippen LogP contribution in [0.15, 0.2) is 23.6 Å². The molecule has 2 rings (SSSR count). The molecule has 94 valence electrons. The molecule has 0 fully saturated rings. The number of nitrogens with zero attached hydrogens (tertiary/aromatic N) is 1. The summed E-state index contributed by atoms with van der Waals surface area (Å²) in [6.07, 6.45) is 0. The molecular formula is C14H15NO2S. The molecule has 0 N–H and O–H groups in total. The Bertz CT molecular complexity index is 575. The van der Waals surface area contributed by atoms with E-state index in [-0.39, 0.29) is 5.97 Å². The first-order valence-corrected chi connectivity index (χ1v) is 6.70. The summed E-state index contributed by atoms with van der Waals surface area (Å²) in [6.45, 7) is 6.15. The second-order valence-corrected chi connectivity index (χ2v) is 4.90. The molecule has 4 heteroatoms. The van der Waals surface area contributed by atoms with Crippen molar-refractivity contribution in [2.75, 3.05) is 6.61 Å². The number of rotatable bonds is 3. The van der Waals surface area contributed by atoms with Crippen molar-refractivity contribution in [3.8, 4) is 10.6 Å². The summed E-state index contributed by atoms with van der Waals surface area (Å²) >= 11 is 1.61. The smallest absolute Gasteiger partial charge is 0.338 e. The number of carbonyl (C=O) groups excluding carboxylic acids is 1. The first kappa shape index (κ1) is 12.8. The van der Waals surface area contributed by atoms with Gasteiger partial charge in [0.15, 0.2) is 0 Å². The Morgan fingerprint density at radius 2 is 2.17 bits per heavy atom. The van der Waals surface area contributed by atoms with Gasteiger partial charge in [-0.1, -0.05) is 6.07 Å². The van der Waals surface area contributed by atoms with E-state index in [0.717, 1.165) is 21.8 Å².